The molecule has 1 atom stereocenters. The average molecular weight is 469 g/mol. The largest absolute Gasteiger partial charge is 0.296 e. The van der Waals surface area contributed by atoms with Gasteiger partial charge in [0.2, 0.25) is 10.0 Å². The quantitative estimate of drug-likeness (QED) is 0.497. The number of halogens is 1. The van der Waals surface area contributed by atoms with Crippen LogP contribution in [-0.4, -0.2) is 33.0 Å². The first kappa shape index (κ1) is 23.0. The summed E-state index contributed by atoms with van der Waals surface area (Å²) in [5.74, 6) is 0. The molecule has 0 aromatic heterocycles. The molecule has 1 N–H and O–H groups in total. The number of rotatable bonds is 7. The molecule has 4 nitrogen and oxygen atoms in total. The summed E-state index contributed by atoms with van der Waals surface area (Å²) < 4.78 is 28.9. The fourth-order valence-corrected chi connectivity index (χ4v) is 6.44. The van der Waals surface area contributed by atoms with Gasteiger partial charge in [0.25, 0.3) is 0 Å². The predicted molar refractivity (Wildman–Crippen MR) is 132 cm³/mol. The second kappa shape index (κ2) is 9.75. The Hall–Kier alpha value is -2.18. The van der Waals surface area contributed by atoms with Crippen LogP contribution in [0.4, 0.5) is 0 Å². The number of aryl methyl sites for hydroxylation is 1. The van der Waals surface area contributed by atoms with Crippen molar-refractivity contribution in [2.75, 3.05) is 19.6 Å². The van der Waals surface area contributed by atoms with Gasteiger partial charge in [-0.15, -0.1) is 12.4 Å². The molecule has 0 bridgehead atoms. The Bertz CT molecular complexity index is 1180. The van der Waals surface area contributed by atoms with Crippen molar-refractivity contribution in [2.24, 2.45) is 0 Å². The van der Waals surface area contributed by atoms with Crippen molar-refractivity contribution in [3.05, 3.63) is 89.5 Å². The highest BCUT2D eigenvalue weighted by atomic mass is 35.5. The molecule has 1 heterocycles. The SMILES string of the molecule is Cl.O=S(=O)(NCCCN1CCc2cccc3c2C1CC3)c1ccccc1-c1ccccc1. The minimum atomic E-state index is -3.57. The zero-order valence-electron chi connectivity index (χ0n) is 18.0. The average Bonchev–Trinajstić information content (AvgIpc) is 3.25. The van der Waals surface area contributed by atoms with Gasteiger partial charge in [-0.1, -0.05) is 66.7 Å². The van der Waals surface area contributed by atoms with Crippen LogP contribution in [0.5, 0.6) is 0 Å². The lowest BCUT2D eigenvalue weighted by molar-refractivity contribution is 0.184. The van der Waals surface area contributed by atoms with Crippen molar-refractivity contribution in [1.82, 2.24) is 9.62 Å². The molecule has 168 valence electrons. The van der Waals surface area contributed by atoms with Crippen LogP contribution in [-0.2, 0) is 22.9 Å². The predicted octanol–water partition coefficient (Wildman–Crippen LogP) is 4.99. The third-order valence-electron chi connectivity index (χ3n) is 6.59. The minimum absolute atomic E-state index is 0. The Labute approximate surface area is 197 Å². The lowest BCUT2D eigenvalue weighted by Crippen LogP contribution is -2.36. The zero-order chi connectivity index (χ0) is 21.3. The summed E-state index contributed by atoms with van der Waals surface area (Å²) in [4.78, 5) is 2.89. The molecule has 0 spiro atoms. The zero-order valence-corrected chi connectivity index (χ0v) is 19.7. The molecule has 0 amide bonds. The molecule has 1 aliphatic heterocycles. The first-order valence-electron chi connectivity index (χ1n) is 11.1. The maximum Gasteiger partial charge on any atom is 0.241 e. The molecule has 1 aliphatic carbocycles. The number of benzene rings is 3. The van der Waals surface area contributed by atoms with Crippen LogP contribution in [0.15, 0.2) is 77.7 Å². The summed E-state index contributed by atoms with van der Waals surface area (Å²) in [5, 5.41) is 0. The van der Waals surface area contributed by atoms with Crippen molar-refractivity contribution in [1.29, 1.82) is 0 Å². The third-order valence-corrected chi connectivity index (χ3v) is 8.11. The van der Waals surface area contributed by atoms with Gasteiger partial charge in [-0.3, -0.25) is 4.90 Å². The van der Waals surface area contributed by atoms with Gasteiger partial charge in [-0.25, -0.2) is 13.1 Å². The number of sulfonamides is 1. The second-order valence-electron chi connectivity index (χ2n) is 8.44. The van der Waals surface area contributed by atoms with Crippen molar-refractivity contribution in [3.63, 3.8) is 0 Å². The van der Waals surface area contributed by atoms with Crippen LogP contribution >= 0.6 is 12.4 Å². The molecule has 0 radical (unpaired) electrons. The van der Waals surface area contributed by atoms with Gasteiger partial charge in [0.15, 0.2) is 0 Å². The van der Waals surface area contributed by atoms with E-state index in [1.807, 2.05) is 42.5 Å². The van der Waals surface area contributed by atoms with Crippen LogP contribution in [0.25, 0.3) is 11.1 Å². The highest BCUT2D eigenvalue weighted by Gasteiger charge is 2.32. The van der Waals surface area contributed by atoms with E-state index < -0.39 is 10.0 Å². The van der Waals surface area contributed by atoms with E-state index in [0.29, 0.717) is 17.5 Å². The molecular weight excluding hydrogens is 440 g/mol. The Kier molecular flexibility index (Phi) is 7.01. The fourth-order valence-electron chi connectivity index (χ4n) is 5.14. The van der Waals surface area contributed by atoms with E-state index >= 15 is 0 Å². The van der Waals surface area contributed by atoms with E-state index in [0.717, 1.165) is 43.5 Å². The molecule has 3 aromatic rings. The topological polar surface area (TPSA) is 49.4 Å². The molecule has 0 saturated heterocycles. The molecule has 3 aromatic carbocycles. The number of nitrogens with one attached hydrogen (secondary N) is 1. The highest BCUT2D eigenvalue weighted by Crippen LogP contribution is 2.41. The van der Waals surface area contributed by atoms with E-state index in [1.165, 1.54) is 17.5 Å². The second-order valence-corrected chi connectivity index (χ2v) is 10.2. The van der Waals surface area contributed by atoms with Crippen LogP contribution in [0.1, 0.15) is 35.6 Å². The normalized spacial score (nSPS) is 17.6. The van der Waals surface area contributed by atoms with Crippen molar-refractivity contribution < 1.29 is 8.42 Å². The summed E-state index contributed by atoms with van der Waals surface area (Å²) >= 11 is 0. The first-order valence-corrected chi connectivity index (χ1v) is 12.6. The molecule has 5 rings (SSSR count). The molecular formula is C26H29ClN2O2S. The lowest BCUT2D eigenvalue weighted by Gasteiger charge is -2.35. The van der Waals surface area contributed by atoms with Gasteiger partial charge in [-0.2, -0.15) is 0 Å². The van der Waals surface area contributed by atoms with Crippen LogP contribution in [0.3, 0.4) is 0 Å². The van der Waals surface area contributed by atoms with Gasteiger partial charge in [0.05, 0.1) is 4.90 Å². The van der Waals surface area contributed by atoms with Gasteiger partial charge in [0, 0.05) is 31.2 Å². The maximum atomic E-state index is 13.0. The lowest BCUT2D eigenvalue weighted by atomic mass is 9.93. The Morgan fingerprint density at radius 1 is 0.875 bits per heavy atom. The van der Waals surface area contributed by atoms with Gasteiger partial charge < -0.3 is 0 Å². The molecule has 0 fully saturated rings. The number of hydrogen-bond acceptors (Lipinski definition) is 3. The van der Waals surface area contributed by atoms with E-state index in [2.05, 4.69) is 27.8 Å². The number of nitrogens with zero attached hydrogens (tertiary/aromatic N) is 1. The minimum Gasteiger partial charge on any atom is -0.296 e. The summed E-state index contributed by atoms with van der Waals surface area (Å²) in [5.41, 5.74) is 6.21. The molecule has 1 unspecified atom stereocenters. The van der Waals surface area contributed by atoms with Crippen molar-refractivity contribution in [2.45, 2.75) is 36.6 Å². The van der Waals surface area contributed by atoms with Crippen LogP contribution < -0.4 is 4.72 Å². The van der Waals surface area contributed by atoms with Crippen LogP contribution in [0, 0.1) is 0 Å². The fraction of sp³-hybridized carbons (Fsp3) is 0.308. The third kappa shape index (κ3) is 4.48. The van der Waals surface area contributed by atoms with Crippen LogP contribution in [0.2, 0.25) is 0 Å². The number of hydrogen-bond donors (Lipinski definition) is 1. The Morgan fingerprint density at radius 2 is 1.59 bits per heavy atom. The maximum absolute atomic E-state index is 13.0. The molecule has 6 heteroatoms. The summed E-state index contributed by atoms with van der Waals surface area (Å²) in [7, 11) is -3.57. The van der Waals surface area contributed by atoms with E-state index in [-0.39, 0.29) is 12.4 Å². The monoisotopic (exact) mass is 468 g/mol. The standard InChI is InChI=1S/C26H28N2O2S.ClH/c29-31(30,25-13-5-4-12-23(25)20-8-2-1-3-9-20)27-17-7-18-28-19-16-22-11-6-10-21-14-15-24(28)26(21)22;/h1-6,8-13,24,27H,7,14-19H2;1H. The van der Waals surface area contributed by atoms with Gasteiger partial charge >= 0.3 is 0 Å². The summed E-state index contributed by atoms with van der Waals surface area (Å²) in [6.45, 7) is 2.43. The molecule has 0 saturated carbocycles. The van der Waals surface area contributed by atoms with Crippen molar-refractivity contribution in [3.8, 4) is 11.1 Å². The Balaban J connectivity index is 0.00000245. The highest BCUT2D eigenvalue weighted by molar-refractivity contribution is 7.89. The first-order chi connectivity index (χ1) is 15.1. The smallest absolute Gasteiger partial charge is 0.241 e. The molecule has 32 heavy (non-hydrogen) atoms. The van der Waals surface area contributed by atoms with Gasteiger partial charge in [-0.05, 0) is 54.0 Å². The summed E-state index contributed by atoms with van der Waals surface area (Å²) in [6, 6.07) is 24.1. The van der Waals surface area contributed by atoms with Gasteiger partial charge in [0.1, 0.15) is 0 Å². The van der Waals surface area contributed by atoms with E-state index in [1.54, 1.807) is 17.7 Å². The van der Waals surface area contributed by atoms with E-state index in [4.69, 9.17) is 0 Å². The van der Waals surface area contributed by atoms with E-state index in [9.17, 15) is 8.42 Å². The molecule has 2 aliphatic rings. The Morgan fingerprint density at radius 3 is 2.41 bits per heavy atom. The van der Waals surface area contributed by atoms with Crippen molar-refractivity contribution >= 4 is 22.4 Å². The summed E-state index contributed by atoms with van der Waals surface area (Å²) in [6.07, 6.45) is 4.24.